The highest BCUT2D eigenvalue weighted by Crippen LogP contribution is 2.35. The van der Waals surface area contributed by atoms with Crippen molar-refractivity contribution >= 4 is 29.1 Å². The third kappa shape index (κ3) is 5.38. The largest absolute Gasteiger partial charge is 0.416 e. The van der Waals surface area contributed by atoms with Gasteiger partial charge in [0.1, 0.15) is 0 Å². The van der Waals surface area contributed by atoms with Gasteiger partial charge in [-0.15, -0.1) is 0 Å². The molecule has 0 bridgehead atoms. The number of carbonyl (C=O) groups excluding carboxylic acids is 1. The van der Waals surface area contributed by atoms with Gasteiger partial charge >= 0.3 is 6.18 Å². The van der Waals surface area contributed by atoms with Crippen LogP contribution in [0.5, 0.6) is 0 Å². The van der Waals surface area contributed by atoms with E-state index in [0.717, 1.165) is 23.3 Å². The van der Waals surface area contributed by atoms with Crippen LogP contribution in [0.3, 0.4) is 0 Å². The number of aromatic nitrogens is 2. The van der Waals surface area contributed by atoms with E-state index >= 15 is 0 Å². The van der Waals surface area contributed by atoms with Gasteiger partial charge in [-0.3, -0.25) is 4.79 Å². The molecule has 37 heavy (non-hydrogen) atoms. The number of alkyl halides is 3. The van der Waals surface area contributed by atoms with E-state index in [9.17, 15) is 18.0 Å². The summed E-state index contributed by atoms with van der Waals surface area (Å²) in [6, 6.07) is 18.8. The lowest BCUT2D eigenvalue weighted by Gasteiger charge is -2.25. The Morgan fingerprint density at radius 3 is 2.19 bits per heavy atom. The first-order chi connectivity index (χ1) is 17.5. The molecule has 0 saturated heterocycles. The van der Waals surface area contributed by atoms with Crippen LogP contribution in [0.2, 0.25) is 10.0 Å². The molecular formula is C28H24Cl2F3N3O. The molecule has 1 atom stereocenters. The summed E-state index contributed by atoms with van der Waals surface area (Å²) < 4.78 is 40.6. The van der Waals surface area contributed by atoms with Crippen LogP contribution in [0.1, 0.15) is 47.1 Å². The molecule has 0 spiro atoms. The van der Waals surface area contributed by atoms with Gasteiger partial charge in [0, 0.05) is 23.2 Å². The van der Waals surface area contributed by atoms with E-state index < -0.39 is 17.8 Å². The molecule has 9 heteroatoms. The van der Waals surface area contributed by atoms with Crippen LogP contribution >= 0.6 is 23.2 Å². The first-order valence-corrected chi connectivity index (χ1v) is 12.4. The summed E-state index contributed by atoms with van der Waals surface area (Å²) in [7, 11) is 1.61. The molecule has 4 rings (SSSR count). The summed E-state index contributed by atoms with van der Waals surface area (Å²) in [5, 5.41) is 5.76. The SMILES string of the molecule is CCc1c(C(=O)N(C)[C@H](C)c2ccc(C(F)(F)F)cc2)nn(-c2ccccc2Cl)c1-c1ccc(Cl)cc1. The standard InChI is InChI=1S/C28H24Cl2F3N3O/c1-4-22-25(27(37)35(3)17(2)18-9-13-20(14-10-18)28(31,32)33)34-36(24-8-6-5-7-23(24)30)26(22)19-11-15-21(29)16-12-19/h5-17H,4H2,1-3H3/t17-/m1/s1. The van der Waals surface area contributed by atoms with Gasteiger partial charge in [0.25, 0.3) is 5.91 Å². The molecule has 4 aromatic rings. The zero-order valence-electron chi connectivity index (χ0n) is 20.4. The van der Waals surface area contributed by atoms with Crippen LogP contribution in [0.25, 0.3) is 16.9 Å². The fourth-order valence-electron chi connectivity index (χ4n) is 4.18. The van der Waals surface area contributed by atoms with Crippen molar-refractivity contribution in [2.75, 3.05) is 7.05 Å². The summed E-state index contributed by atoms with van der Waals surface area (Å²) >= 11 is 12.6. The Hall–Kier alpha value is -3.29. The van der Waals surface area contributed by atoms with Gasteiger partial charge < -0.3 is 4.90 Å². The lowest BCUT2D eigenvalue weighted by atomic mass is 10.0. The molecule has 4 nitrogen and oxygen atoms in total. The Morgan fingerprint density at radius 1 is 1.00 bits per heavy atom. The number of hydrogen-bond acceptors (Lipinski definition) is 2. The predicted octanol–water partition coefficient (Wildman–Crippen LogP) is 8.26. The lowest BCUT2D eigenvalue weighted by molar-refractivity contribution is -0.137. The van der Waals surface area contributed by atoms with E-state index in [1.54, 1.807) is 36.9 Å². The Kier molecular flexibility index (Phi) is 7.67. The van der Waals surface area contributed by atoms with E-state index in [-0.39, 0.29) is 11.6 Å². The summed E-state index contributed by atoms with van der Waals surface area (Å²) in [5.74, 6) is -0.356. The first kappa shape index (κ1) is 26.8. The molecule has 1 aromatic heterocycles. The molecule has 0 aliphatic carbocycles. The number of nitrogens with zero attached hydrogens (tertiary/aromatic N) is 3. The third-order valence-corrected chi connectivity index (χ3v) is 6.93. The van der Waals surface area contributed by atoms with Gasteiger partial charge in [-0.05, 0) is 55.3 Å². The molecule has 0 N–H and O–H groups in total. The number of benzene rings is 3. The average molecular weight is 546 g/mol. The number of hydrogen-bond donors (Lipinski definition) is 0. The second-order valence-electron chi connectivity index (χ2n) is 8.61. The average Bonchev–Trinajstić information content (AvgIpc) is 3.27. The molecule has 1 heterocycles. The van der Waals surface area contributed by atoms with Crippen LogP contribution < -0.4 is 0 Å². The maximum atomic E-state index is 13.7. The van der Waals surface area contributed by atoms with E-state index in [1.165, 1.54) is 17.0 Å². The van der Waals surface area contributed by atoms with Crippen molar-refractivity contribution in [2.45, 2.75) is 32.5 Å². The zero-order chi connectivity index (χ0) is 26.9. The van der Waals surface area contributed by atoms with Crippen LogP contribution in [-0.2, 0) is 12.6 Å². The molecular weight excluding hydrogens is 522 g/mol. The second kappa shape index (κ2) is 10.6. The summed E-state index contributed by atoms with van der Waals surface area (Å²) in [6.45, 7) is 3.70. The van der Waals surface area contributed by atoms with Crippen molar-refractivity contribution in [3.8, 4) is 16.9 Å². The molecule has 3 aromatic carbocycles. The van der Waals surface area contributed by atoms with Gasteiger partial charge in [0.2, 0.25) is 0 Å². The number of halogens is 5. The van der Waals surface area contributed by atoms with Gasteiger partial charge in [-0.25, -0.2) is 4.68 Å². The fourth-order valence-corrected chi connectivity index (χ4v) is 4.52. The normalized spacial score (nSPS) is 12.4. The smallest absolute Gasteiger partial charge is 0.334 e. The number of carbonyl (C=O) groups is 1. The molecule has 192 valence electrons. The van der Waals surface area contributed by atoms with Gasteiger partial charge in [0.15, 0.2) is 5.69 Å². The second-order valence-corrected chi connectivity index (χ2v) is 9.45. The summed E-state index contributed by atoms with van der Waals surface area (Å²) in [5.41, 5.74) is 2.94. The number of para-hydroxylation sites is 1. The first-order valence-electron chi connectivity index (χ1n) is 11.6. The molecule has 0 saturated carbocycles. The van der Waals surface area contributed by atoms with E-state index in [1.807, 2.05) is 37.3 Å². The van der Waals surface area contributed by atoms with E-state index in [0.29, 0.717) is 33.4 Å². The highest BCUT2D eigenvalue weighted by molar-refractivity contribution is 6.32. The topological polar surface area (TPSA) is 38.1 Å². The predicted molar refractivity (Wildman–Crippen MR) is 140 cm³/mol. The van der Waals surface area contributed by atoms with Crippen molar-refractivity contribution < 1.29 is 18.0 Å². The summed E-state index contributed by atoms with van der Waals surface area (Å²) in [6.07, 6.45) is -3.92. The van der Waals surface area contributed by atoms with Crippen molar-refractivity contribution in [2.24, 2.45) is 0 Å². The Balaban J connectivity index is 1.79. The van der Waals surface area contributed by atoms with Gasteiger partial charge in [-0.1, -0.05) is 66.5 Å². The van der Waals surface area contributed by atoms with Crippen molar-refractivity contribution in [1.29, 1.82) is 0 Å². The van der Waals surface area contributed by atoms with Gasteiger partial charge in [0.05, 0.1) is 28.0 Å². The molecule has 1 amide bonds. The molecule has 0 unspecified atom stereocenters. The minimum atomic E-state index is -4.43. The monoisotopic (exact) mass is 545 g/mol. The third-order valence-electron chi connectivity index (χ3n) is 6.36. The Morgan fingerprint density at radius 2 is 1.62 bits per heavy atom. The van der Waals surface area contributed by atoms with Crippen molar-refractivity contribution in [3.05, 3.63) is 105 Å². The van der Waals surface area contributed by atoms with Crippen LogP contribution in [0, 0.1) is 0 Å². The lowest BCUT2D eigenvalue weighted by Crippen LogP contribution is -2.30. The fraction of sp³-hybridized carbons (Fsp3) is 0.214. The Bertz CT molecular complexity index is 1410. The highest BCUT2D eigenvalue weighted by atomic mass is 35.5. The molecule has 0 aliphatic heterocycles. The summed E-state index contributed by atoms with van der Waals surface area (Å²) in [4.78, 5) is 15.2. The molecule has 0 radical (unpaired) electrons. The quantitative estimate of drug-likeness (QED) is 0.244. The van der Waals surface area contributed by atoms with Crippen LogP contribution in [-0.4, -0.2) is 27.6 Å². The maximum absolute atomic E-state index is 13.7. The van der Waals surface area contributed by atoms with Crippen molar-refractivity contribution in [1.82, 2.24) is 14.7 Å². The number of amides is 1. The van der Waals surface area contributed by atoms with Crippen LogP contribution in [0.15, 0.2) is 72.8 Å². The maximum Gasteiger partial charge on any atom is 0.416 e. The van der Waals surface area contributed by atoms with Crippen LogP contribution in [0.4, 0.5) is 13.2 Å². The molecule has 0 aliphatic rings. The van der Waals surface area contributed by atoms with Crippen molar-refractivity contribution in [3.63, 3.8) is 0 Å². The minimum absolute atomic E-state index is 0.244. The zero-order valence-corrected chi connectivity index (χ0v) is 21.9. The minimum Gasteiger partial charge on any atom is -0.334 e. The Labute approximate surface area is 223 Å². The van der Waals surface area contributed by atoms with E-state index in [2.05, 4.69) is 0 Å². The molecule has 0 fully saturated rings. The van der Waals surface area contributed by atoms with E-state index in [4.69, 9.17) is 28.3 Å². The number of rotatable bonds is 6. The highest BCUT2D eigenvalue weighted by Gasteiger charge is 2.31. The van der Waals surface area contributed by atoms with Gasteiger partial charge in [-0.2, -0.15) is 18.3 Å².